The zero-order chi connectivity index (χ0) is 14.8. The van der Waals surface area contributed by atoms with E-state index in [0.717, 1.165) is 31.5 Å². The van der Waals surface area contributed by atoms with Gasteiger partial charge in [-0.05, 0) is 49.5 Å². The Morgan fingerprint density at radius 1 is 1.14 bits per heavy atom. The fourth-order valence-electron chi connectivity index (χ4n) is 2.56. The second-order valence-electron chi connectivity index (χ2n) is 5.73. The first-order valence-corrected chi connectivity index (χ1v) is 8.65. The van der Waals surface area contributed by atoms with Gasteiger partial charge in [-0.3, -0.25) is 0 Å². The molecule has 0 spiro atoms. The van der Waals surface area contributed by atoms with Gasteiger partial charge in [-0.15, -0.1) is 12.4 Å². The summed E-state index contributed by atoms with van der Waals surface area (Å²) >= 11 is 0. The molecule has 2 rings (SSSR count). The number of nitrogens with zero attached hydrogens (tertiary/aromatic N) is 1. The summed E-state index contributed by atoms with van der Waals surface area (Å²) < 4.78 is 26.8. The highest BCUT2D eigenvalue weighted by Crippen LogP contribution is 2.22. The molecule has 0 aromatic heterocycles. The van der Waals surface area contributed by atoms with E-state index in [2.05, 4.69) is 19.2 Å². The molecular weight excluding hydrogens is 308 g/mol. The second kappa shape index (κ2) is 7.58. The lowest BCUT2D eigenvalue weighted by atomic mass is 10.0. The molecule has 0 saturated carbocycles. The molecule has 1 heterocycles. The normalized spacial score (nSPS) is 17.0. The van der Waals surface area contributed by atoms with Gasteiger partial charge in [0.05, 0.1) is 4.90 Å². The standard InChI is InChI=1S/C15H24N2O2S.ClH/c1-12(2)13-4-6-15(7-5-13)20(18,19)17(3)14-8-10-16-11-9-14;/h4-7,12,14,16H,8-11H2,1-3H3;1H. The lowest BCUT2D eigenvalue weighted by molar-refractivity contribution is 0.296. The van der Waals surface area contributed by atoms with Crippen LogP contribution in [0.2, 0.25) is 0 Å². The largest absolute Gasteiger partial charge is 0.317 e. The molecule has 1 aliphatic rings. The first-order chi connectivity index (χ1) is 9.43. The summed E-state index contributed by atoms with van der Waals surface area (Å²) in [6, 6.07) is 7.37. The number of sulfonamides is 1. The summed E-state index contributed by atoms with van der Waals surface area (Å²) in [7, 11) is -1.68. The third kappa shape index (κ3) is 4.19. The second-order valence-corrected chi connectivity index (χ2v) is 7.72. The molecule has 0 amide bonds. The Bertz CT molecular complexity index is 537. The van der Waals surface area contributed by atoms with Crippen molar-refractivity contribution in [3.05, 3.63) is 29.8 Å². The highest BCUT2D eigenvalue weighted by atomic mass is 35.5. The van der Waals surface area contributed by atoms with E-state index in [0.29, 0.717) is 10.8 Å². The minimum atomic E-state index is -3.38. The molecule has 0 bridgehead atoms. The summed E-state index contributed by atoms with van der Waals surface area (Å²) in [5.74, 6) is 0.411. The van der Waals surface area contributed by atoms with Gasteiger partial charge in [0.25, 0.3) is 0 Å². The fraction of sp³-hybridized carbons (Fsp3) is 0.600. The van der Waals surface area contributed by atoms with E-state index in [-0.39, 0.29) is 18.4 Å². The summed E-state index contributed by atoms with van der Waals surface area (Å²) in [6.07, 6.45) is 1.75. The summed E-state index contributed by atoms with van der Waals surface area (Å²) in [6.45, 7) is 5.98. The quantitative estimate of drug-likeness (QED) is 0.922. The number of hydrogen-bond donors (Lipinski definition) is 1. The van der Waals surface area contributed by atoms with Crippen LogP contribution in [0.4, 0.5) is 0 Å². The van der Waals surface area contributed by atoms with Crippen LogP contribution in [0, 0.1) is 0 Å². The van der Waals surface area contributed by atoms with E-state index >= 15 is 0 Å². The molecule has 6 heteroatoms. The fourth-order valence-corrected chi connectivity index (χ4v) is 3.97. The molecule has 1 saturated heterocycles. The number of rotatable bonds is 4. The van der Waals surface area contributed by atoms with Gasteiger partial charge in [0.2, 0.25) is 10.0 Å². The van der Waals surface area contributed by atoms with Gasteiger partial charge in [-0.2, -0.15) is 4.31 Å². The molecule has 0 atom stereocenters. The minimum Gasteiger partial charge on any atom is -0.317 e. The van der Waals surface area contributed by atoms with Crippen molar-refractivity contribution in [1.29, 1.82) is 0 Å². The van der Waals surface area contributed by atoms with Crippen LogP contribution in [0.25, 0.3) is 0 Å². The van der Waals surface area contributed by atoms with Gasteiger partial charge >= 0.3 is 0 Å². The summed E-state index contributed by atoms with van der Waals surface area (Å²) in [5, 5.41) is 3.26. The van der Waals surface area contributed by atoms with Crippen LogP contribution in [0.3, 0.4) is 0 Å². The van der Waals surface area contributed by atoms with E-state index in [1.807, 2.05) is 12.1 Å². The molecule has 120 valence electrons. The molecule has 1 aromatic carbocycles. The van der Waals surface area contributed by atoms with Gasteiger partial charge in [0.1, 0.15) is 0 Å². The average Bonchev–Trinajstić information content (AvgIpc) is 2.47. The van der Waals surface area contributed by atoms with Crippen molar-refractivity contribution in [2.45, 2.75) is 43.5 Å². The molecule has 0 aliphatic carbocycles. The minimum absolute atomic E-state index is 0. The van der Waals surface area contributed by atoms with Crippen LogP contribution in [-0.4, -0.2) is 38.9 Å². The predicted octanol–water partition coefficient (Wildman–Crippen LogP) is 2.60. The van der Waals surface area contributed by atoms with Crippen molar-refractivity contribution in [2.75, 3.05) is 20.1 Å². The number of piperidine rings is 1. The van der Waals surface area contributed by atoms with Crippen molar-refractivity contribution in [2.24, 2.45) is 0 Å². The molecule has 1 aliphatic heterocycles. The van der Waals surface area contributed by atoms with E-state index in [4.69, 9.17) is 0 Å². The van der Waals surface area contributed by atoms with Crippen LogP contribution in [0.5, 0.6) is 0 Å². The molecule has 4 nitrogen and oxygen atoms in total. The van der Waals surface area contributed by atoms with Crippen molar-refractivity contribution in [1.82, 2.24) is 9.62 Å². The van der Waals surface area contributed by atoms with Crippen molar-refractivity contribution in [3.63, 3.8) is 0 Å². The molecular formula is C15H25ClN2O2S. The zero-order valence-corrected chi connectivity index (χ0v) is 14.5. The average molecular weight is 333 g/mol. The van der Waals surface area contributed by atoms with Gasteiger partial charge in [0, 0.05) is 13.1 Å². The lowest BCUT2D eigenvalue weighted by Gasteiger charge is -2.30. The highest BCUT2D eigenvalue weighted by molar-refractivity contribution is 7.89. The Morgan fingerprint density at radius 3 is 2.14 bits per heavy atom. The Morgan fingerprint density at radius 2 is 1.67 bits per heavy atom. The maximum atomic E-state index is 12.6. The van der Waals surface area contributed by atoms with Crippen LogP contribution in [0.1, 0.15) is 38.2 Å². The topological polar surface area (TPSA) is 49.4 Å². The first-order valence-electron chi connectivity index (χ1n) is 7.21. The smallest absolute Gasteiger partial charge is 0.243 e. The number of nitrogens with one attached hydrogen (secondary N) is 1. The highest BCUT2D eigenvalue weighted by Gasteiger charge is 2.28. The van der Waals surface area contributed by atoms with Crippen molar-refractivity contribution >= 4 is 22.4 Å². The van der Waals surface area contributed by atoms with Crippen LogP contribution in [0.15, 0.2) is 29.2 Å². The van der Waals surface area contributed by atoms with Crippen LogP contribution in [-0.2, 0) is 10.0 Å². The molecule has 1 aromatic rings. The Labute approximate surface area is 134 Å². The Balaban J connectivity index is 0.00000220. The zero-order valence-electron chi connectivity index (χ0n) is 12.9. The maximum absolute atomic E-state index is 12.6. The van der Waals surface area contributed by atoms with Crippen molar-refractivity contribution < 1.29 is 8.42 Å². The lowest BCUT2D eigenvalue weighted by Crippen LogP contribution is -2.43. The molecule has 21 heavy (non-hydrogen) atoms. The third-order valence-electron chi connectivity index (χ3n) is 4.05. The number of hydrogen-bond acceptors (Lipinski definition) is 3. The summed E-state index contributed by atoms with van der Waals surface area (Å²) in [4.78, 5) is 0.392. The SMILES string of the molecule is CC(C)c1ccc(S(=O)(=O)N(C)C2CCNCC2)cc1.Cl. The molecule has 0 radical (unpaired) electrons. The maximum Gasteiger partial charge on any atom is 0.243 e. The van der Waals surface area contributed by atoms with Gasteiger partial charge in [-0.25, -0.2) is 8.42 Å². The van der Waals surface area contributed by atoms with Crippen molar-refractivity contribution in [3.8, 4) is 0 Å². The van der Waals surface area contributed by atoms with Gasteiger partial charge < -0.3 is 5.32 Å². The van der Waals surface area contributed by atoms with Gasteiger partial charge in [0.15, 0.2) is 0 Å². The van der Waals surface area contributed by atoms with Crippen LogP contribution >= 0.6 is 12.4 Å². The summed E-state index contributed by atoms with van der Waals surface area (Å²) in [5.41, 5.74) is 1.16. The number of benzene rings is 1. The van der Waals surface area contributed by atoms with E-state index in [1.54, 1.807) is 19.2 Å². The monoisotopic (exact) mass is 332 g/mol. The first kappa shape index (κ1) is 18.4. The third-order valence-corrected chi connectivity index (χ3v) is 5.97. The van der Waals surface area contributed by atoms with Gasteiger partial charge in [-0.1, -0.05) is 26.0 Å². The van der Waals surface area contributed by atoms with E-state index in [1.165, 1.54) is 4.31 Å². The van der Waals surface area contributed by atoms with E-state index < -0.39 is 10.0 Å². The molecule has 1 fully saturated rings. The van der Waals surface area contributed by atoms with E-state index in [9.17, 15) is 8.42 Å². The molecule has 1 N–H and O–H groups in total. The Kier molecular flexibility index (Phi) is 6.66. The van der Waals surface area contributed by atoms with Crippen LogP contribution < -0.4 is 5.32 Å². The molecule has 0 unspecified atom stereocenters. The Hall–Kier alpha value is -0.620. The number of halogens is 1. The predicted molar refractivity (Wildman–Crippen MR) is 88.6 cm³/mol.